The van der Waals surface area contributed by atoms with Crippen molar-refractivity contribution in [1.29, 1.82) is 0 Å². The minimum atomic E-state index is -0.282. The Morgan fingerprint density at radius 3 is 2.35 bits per heavy atom. The van der Waals surface area contributed by atoms with Crippen molar-refractivity contribution in [3.05, 3.63) is 65.2 Å². The SMILES string of the molecule is CCc1ccc(C(C)=NNC(=O)COc2ccc(C)cc2)cc1. The van der Waals surface area contributed by atoms with E-state index in [0.717, 1.165) is 23.3 Å². The van der Waals surface area contributed by atoms with Gasteiger partial charge in [0.25, 0.3) is 5.91 Å². The molecule has 0 saturated heterocycles. The van der Waals surface area contributed by atoms with Crippen molar-refractivity contribution >= 4 is 11.6 Å². The average Bonchev–Trinajstić information content (AvgIpc) is 2.59. The topological polar surface area (TPSA) is 50.7 Å². The Hall–Kier alpha value is -2.62. The number of nitrogens with zero attached hydrogens (tertiary/aromatic N) is 1. The van der Waals surface area contributed by atoms with Crippen molar-refractivity contribution in [2.75, 3.05) is 6.61 Å². The van der Waals surface area contributed by atoms with Gasteiger partial charge < -0.3 is 4.74 Å². The van der Waals surface area contributed by atoms with Gasteiger partial charge in [-0.2, -0.15) is 5.10 Å². The van der Waals surface area contributed by atoms with E-state index in [0.29, 0.717) is 5.75 Å². The van der Waals surface area contributed by atoms with Crippen molar-refractivity contribution in [3.63, 3.8) is 0 Å². The third kappa shape index (κ3) is 5.25. The lowest BCUT2D eigenvalue weighted by Crippen LogP contribution is -2.25. The van der Waals surface area contributed by atoms with Gasteiger partial charge in [0.1, 0.15) is 5.75 Å². The zero-order valence-corrected chi connectivity index (χ0v) is 13.8. The highest BCUT2D eigenvalue weighted by atomic mass is 16.5. The maximum atomic E-state index is 11.8. The van der Waals surface area contributed by atoms with Crippen LogP contribution in [0.1, 0.15) is 30.5 Å². The van der Waals surface area contributed by atoms with Crippen molar-refractivity contribution in [2.24, 2.45) is 5.10 Å². The number of amides is 1. The van der Waals surface area contributed by atoms with Crippen LogP contribution in [0.15, 0.2) is 53.6 Å². The van der Waals surface area contributed by atoms with Crippen LogP contribution in [-0.2, 0) is 11.2 Å². The smallest absolute Gasteiger partial charge is 0.277 e. The normalized spacial score (nSPS) is 11.2. The molecule has 0 unspecified atom stereocenters. The number of ether oxygens (including phenoxy) is 1. The van der Waals surface area contributed by atoms with Gasteiger partial charge in [-0.05, 0) is 43.5 Å². The number of rotatable bonds is 6. The maximum absolute atomic E-state index is 11.8. The van der Waals surface area contributed by atoms with Gasteiger partial charge in [-0.15, -0.1) is 0 Å². The van der Waals surface area contributed by atoms with Gasteiger partial charge in [-0.25, -0.2) is 5.43 Å². The van der Waals surface area contributed by atoms with E-state index in [1.54, 1.807) is 0 Å². The van der Waals surface area contributed by atoms with E-state index in [1.807, 2.05) is 50.2 Å². The summed E-state index contributed by atoms with van der Waals surface area (Å²) in [5.74, 6) is 0.386. The Morgan fingerprint density at radius 2 is 1.74 bits per heavy atom. The molecule has 2 aromatic carbocycles. The summed E-state index contributed by atoms with van der Waals surface area (Å²) in [6.45, 7) is 5.92. The Morgan fingerprint density at radius 1 is 1.09 bits per heavy atom. The summed E-state index contributed by atoms with van der Waals surface area (Å²) >= 11 is 0. The van der Waals surface area contributed by atoms with Gasteiger partial charge in [-0.3, -0.25) is 4.79 Å². The van der Waals surface area contributed by atoms with Gasteiger partial charge in [0.15, 0.2) is 6.61 Å². The largest absolute Gasteiger partial charge is 0.484 e. The van der Waals surface area contributed by atoms with Gasteiger partial charge in [0.05, 0.1) is 5.71 Å². The van der Waals surface area contributed by atoms with Gasteiger partial charge in [0, 0.05) is 0 Å². The predicted molar refractivity (Wildman–Crippen MR) is 92.8 cm³/mol. The summed E-state index contributed by atoms with van der Waals surface area (Å²) in [6.07, 6.45) is 1.00. The highest BCUT2D eigenvalue weighted by Crippen LogP contribution is 2.11. The first kappa shape index (κ1) is 16.7. The molecule has 2 aromatic rings. The van der Waals surface area contributed by atoms with Crippen LogP contribution in [0.5, 0.6) is 5.75 Å². The van der Waals surface area contributed by atoms with Crippen molar-refractivity contribution in [3.8, 4) is 5.75 Å². The summed E-state index contributed by atoms with van der Waals surface area (Å²) in [5, 5.41) is 4.11. The summed E-state index contributed by atoms with van der Waals surface area (Å²) in [4.78, 5) is 11.8. The van der Waals surface area contributed by atoms with Crippen LogP contribution in [-0.4, -0.2) is 18.2 Å². The number of carbonyl (C=O) groups is 1. The van der Waals surface area contributed by atoms with Crippen LogP contribution in [0.25, 0.3) is 0 Å². The minimum absolute atomic E-state index is 0.0609. The molecule has 0 aliphatic rings. The highest BCUT2D eigenvalue weighted by Gasteiger charge is 2.03. The lowest BCUT2D eigenvalue weighted by Gasteiger charge is -2.06. The van der Waals surface area contributed by atoms with E-state index < -0.39 is 0 Å². The van der Waals surface area contributed by atoms with E-state index >= 15 is 0 Å². The minimum Gasteiger partial charge on any atom is -0.484 e. The van der Waals surface area contributed by atoms with Crippen LogP contribution in [0.3, 0.4) is 0 Å². The predicted octanol–water partition coefficient (Wildman–Crippen LogP) is 3.48. The van der Waals surface area contributed by atoms with Gasteiger partial charge >= 0.3 is 0 Å². The number of hydrogen-bond donors (Lipinski definition) is 1. The molecule has 1 amide bonds. The van der Waals surface area contributed by atoms with Crippen LogP contribution in [0, 0.1) is 6.92 Å². The molecule has 0 radical (unpaired) electrons. The van der Waals surface area contributed by atoms with Crippen LogP contribution in [0.4, 0.5) is 0 Å². The summed E-state index contributed by atoms with van der Waals surface area (Å²) < 4.78 is 5.41. The standard InChI is InChI=1S/C19H22N2O2/c1-4-16-7-9-17(10-8-16)15(3)20-21-19(22)13-23-18-11-5-14(2)6-12-18/h5-12H,4,13H2,1-3H3,(H,21,22). The Balaban J connectivity index is 1.85. The molecule has 0 fully saturated rings. The molecule has 1 N–H and O–H groups in total. The number of aryl methyl sites for hydroxylation is 2. The van der Waals surface area contributed by atoms with E-state index in [4.69, 9.17) is 4.74 Å². The summed E-state index contributed by atoms with van der Waals surface area (Å²) in [5.41, 5.74) is 6.69. The molecule has 0 spiro atoms. The van der Waals surface area contributed by atoms with Crippen LogP contribution < -0.4 is 10.2 Å². The molecule has 23 heavy (non-hydrogen) atoms. The van der Waals surface area contributed by atoms with E-state index in [-0.39, 0.29) is 12.5 Å². The second-order valence-electron chi connectivity index (χ2n) is 5.38. The number of nitrogens with one attached hydrogen (secondary N) is 1. The van der Waals surface area contributed by atoms with E-state index in [1.165, 1.54) is 5.56 Å². The molecule has 0 saturated carbocycles. The zero-order chi connectivity index (χ0) is 16.7. The first-order chi connectivity index (χ1) is 11.1. The first-order valence-corrected chi connectivity index (χ1v) is 7.70. The van der Waals surface area contributed by atoms with Crippen molar-refractivity contribution in [1.82, 2.24) is 5.43 Å². The zero-order valence-electron chi connectivity index (χ0n) is 13.8. The molecule has 0 aliphatic carbocycles. The Kier molecular flexibility index (Phi) is 5.92. The Bertz CT molecular complexity index is 674. The molecular formula is C19H22N2O2. The molecule has 120 valence electrons. The number of hydrazone groups is 1. The monoisotopic (exact) mass is 310 g/mol. The molecule has 4 nitrogen and oxygen atoms in total. The molecule has 0 heterocycles. The van der Waals surface area contributed by atoms with E-state index in [9.17, 15) is 4.79 Å². The number of carbonyl (C=O) groups excluding carboxylic acids is 1. The quantitative estimate of drug-likeness (QED) is 0.656. The first-order valence-electron chi connectivity index (χ1n) is 7.70. The van der Waals surface area contributed by atoms with Crippen LogP contribution >= 0.6 is 0 Å². The number of hydrogen-bond acceptors (Lipinski definition) is 3. The number of benzene rings is 2. The average molecular weight is 310 g/mol. The molecule has 0 bridgehead atoms. The maximum Gasteiger partial charge on any atom is 0.277 e. The second kappa shape index (κ2) is 8.13. The molecular weight excluding hydrogens is 288 g/mol. The van der Waals surface area contributed by atoms with Gasteiger partial charge in [-0.1, -0.05) is 48.9 Å². The van der Waals surface area contributed by atoms with E-state index in [2.05, 4.69) is 29.6 Å². The lowest BCUT2D eigenvalue weighted by atomic mass is 10.1. The van der Waals surface area contributed by atoms with Gasteiger partial charge in [0.2, 0.25) is 0 Å². The molecule has 0 aliphatic heterocycles. The molecule has 0 aromatic heterocycles. The molecule has 0 atom stereocenters. The fraction of sp³-hybridized carbons (Fsp3) is 0.263. The Labute approximate surface area is 137 Å². The summed E-state index contributed by atoms with van der Waals surface area (Å²) in [6, 6.07) is 15.7. The van der Waals surface area contributed by atoms with Crippen LogP contribution in [0.2, 0.25) is 0 Å². The molecule has 2 rings (SSSR count). The third-order valence-corrected chi connectivity index (χ3v) is 3.52. The lowest BCUT2D eigenvalue weighted by molar-refractivity contribution is -0.123. The highest BCUT2D eigenvalue weighted by molar-refractivity contribution is 5.99. The fourth-order valence-corrected chi connectivity index (χ4v) is 2.01. The van der Waals surface area contributed by atoms with Crippen molar-refractivity contribution in [2.45, 2.75) is 27.2 Å². The second-order valence-corrected chi connectivity index (χ2v) is 5.38. The third-order valence-electron chi connectivity index (χ3n) is 3.52. The van der Waals surface area contributed by atoms with Crippen molar-refractivity contribution < 1.29 is 9.53 Å². The summed E-state index contributed by atoms with van der Waals surface area (Å²) in [7, 11) is 0. The molecule has 4 heteroatoms. The fourth-order valence-electron chi connectivity index (χ4n) is 2.01.